The number of rotatable bonds is 1. The molecule has 0 saturated heterocycles. The number of aryl methyl sites for hydroxylation is 1. The molecule has 62 valence electrons. The van der Waals surface area contributed by atoms with Gasteiger partial charge in [0.05, 0.1) is 5.69 Å². The summed E-state index contributed by atoms with van der Waals surface area (Å²) in [6, 6.07) is 5.75. The normalized spacial score (nSPS) is 10.8. The Morgan fingerprint density at radius 1 is 1.50 bits per heavy atom. The van der Waals surface area contributed by atoms with Crippen LogP contribution in [0, 0.1) is 6.92 Å². The Bertz CT molecular complexity index is 412. The minimum atomic E-state index is 0.807. The average Bonchev–Trinajstić information content (AvgIpc) is 2.47. The fraction of sp³-hybridized carbons (Fsp3) is 0.125. The van der Waals surface area contributed by atoms with Crippen molar-refractivity contribution in [2.24, 2.45) is 0 Å². The van der Waals surface area contributed by atoms with Crippen LogP contribution in [0.2, 0.25) is 0 Å². The molecule has 0 amide bonds. The van der Waals surface area contributed by atoms with E-state index in [1.807, 2.05) is 25.1 Å². The number of hydrogen-bond donors (Lipinski definition) is 0. The van der Waals surface area contributed by atoms with Crippen molar-refractivity contribution in [2.75, 3.05) is 0 Å². The van der Waals surface area contributed by atoms with Crippen LogP contribution in [0.1, 0.15) is 5.69 Å². The van der Waals surface area contributed by atoms with Crippen molar-refractivity contribution in [3.05, 3.63) is 23.9 Å². The predicted octanol–water partition coefficient (Wildman–Crippen LogP) is 3.38. The maximum atomic E-state index is 5.61. The summed E-state index contributed by atoms with van der Waals surface area (Å²) in [5, 5.41) is 4.87. The molecule has 0 aliphatic rings. The summed E-state index contributed by atoms with van der Waals surface area (Å²) < 4.78 is 5.05. The number of halogens is 1. The van der Waals surface area contributed by atoms with Gasteiger partial charge in [-0.05, 0) is 46.8 Å². The van der Waals surface area contributed by atoms with E-state index in [2.05, 4.69) is 5.16 Å². The summed E-state index contributed by atoms with van der Waals surface area (Å²) in [5.74, 6) is 0. The van der Waals surface area contributed by atoms with Gasteiger partial charge in [-0.1, -0.05) is 5.16 Å². The lowest BCUT2D eigenvalue weighted by atomic mass is 10.2. The molecule has 2 rings (SSSR count). The SMILES string of the molecule is Cc1noc2ccc(SCl)cc12. The summed E-state index contributed by atoms with van der Waals surface area (Å²) in [6.07, 6.45) is 0. The van der Waals surface area contributed by atoms with Crippen molar-refractivity contribution in [1.29, 1.82) is 0 Å². The maximum absolute atomic E-state index is 5.61. The third kappa shape index (κ3) is 1.19. The highest BCUT2D eigenvalue weighted by atomic mass is 35.7. The molecule has 0 aliphatic carbocycles. The first-order chi connectivity index (χ1) is 5.81. The molecule has 2 aromatic rings. The number of benzene rings is 1. The van der Waals surface area contributed by atoms with Crippen LogP contribution in [0.15, 0.2) is 27.6 Å². The van der Waals surface area contributed by atoms with Gasteiger partial charge in [-0.25, -0.2) is 0 Å². The van der Waals surface area contributed by atoms with E-state index in [0.29, 0.717) is 0 Å². The Labute approximate surface area is 78.4 Å². The first-order valence-corrected chi connectivity index (χ1v) is 5.10. The first-order valence-electron chi connectivity index (χ1n) is 3.46. The molecule has 0 unspecified atom stereocenters. The quantitative estimate of drug-likeness (QED) is 0.704. The van der Waals surface area contributed by atoms with E-state index in [0.717, 1.165) is 21.6 Å². The highest BCUT2D eigenvalue weighted by Crippen LogP contribution is 2.27. The summed E-state index contributed by atoms with van der Waals surface area (Å²) in [6.45, 7) is 1.91. The molecule has 0 radical (unpaired) electrons. The Kier molecular flexibility index (Phi) is 1.98. The zero-order chi connectivity index (χ0) is 8.55. The molecule has 0 saturated carbocycles. The number of fused-ring (bicyclic) bond motifs is 1. The van der Waals surface area contributed by atoms with Crippen molar-refractivity contribution in [3.8, 4) is 0 Å². The fourth-order valence-electron chi connectivity index (χ4n) is 1.09. The minimum absolute atomic E-state index is 0.807. The van der Waals surface area contributed by atoms with Crippen LogP contribution in [0.25, 0.3) is 11.0 Å². The van der Waals surface area contributed by atoms with E-state index in [1.54, 1.807) is 0 Å². The van der Waals surface area contributed by atoms with E-state index in [4.69, 9.17) is 15.2 Å². The molecule has 0 bridgehead atoms. The smallest absolute Gasteiger partial charge is 0.167 e. The molecule has 1 heterocycles. The van der Waals surface area contributed by atoms with Crippen LogP contribution in [-0.4, -0.2) is 5.16 Å². The zero-order valence-electron chi connectivity index (χ0n) is 6.37. The Morgan fingerprint density at radius 2 is 2.33 bits per heavy atom. The largest absolute Gasteiger partial charge is 0.356 e. The zero-order valence-corrected chi connectivity index (χ0v) is 7.95. The number of hydrogen-bond acceptors (Lipinski definition) is 3. The summed E-state index contributed by atoms with van der Waals surface area (Å²) in [4.78, 5) is 1.01. The second-order valence-electron chi connectivity index (χ2n) is 2.50. The molecule has 1 aromatic carbocycles. The van der Waals surface area contributed by atoms with Gasteiger partial charge in [0.1, 0.15) is 0 Å². The van der Waals surface area contributed by atoms with Crippen molar-refractivity contribution in [1.82, 2.24) is 5.16 Å². The van der Waals surface area contributed by atoms with Gasteiger partial charge in [0.2, 0.25) is 0 Å². The van der Waals surface area contributed by atoms with Crippen LogP contribution in [0.4, 0.5) is 0 Å². The molecule has 0 spiro atoms. The van der Waals surface area contributed by atoms with Gasteiger partial charge >= 0.3 is 0 Å². The van der Waals surface area contributed by atoms with Crippen LogP contribution < -0.4 is 0 Å². The molecule has 12 heavy (non-hydrogen) atoms. The molecule has 0 aliphatic heterocycles. The van der Waals surface area contributed by atoms with Crippen molar-refractivity contribution >= 4 is 32.6 Å². The van der Waals surface area contributed by atoms with Crippen LogP contribution in [-0.2, 0) is 0 Å². The molecule has 1 aromatic heterocycles. The van der Waals surface area contributed by atoms with Crippen LogP contribution >= 0.6 is 21.7 Å². The molecule has 2 nitrogen and oxygen atoms in total. The van der Waals surface area contributed by atoms with Gasteiger partial charge in [0.15, 0.2) is 5.58 Å². The third-order valence-electron chi connectivity index (χ3n) is 1.71. The monoisotopic (exact) mass is 199 g/mol. The lowest BCUT2D eigenvalue weighted by Gasteiger charge is -1.91. The van der Waals surface area contributed by atoms with Gasteiger partial charge in [-0.2, -0.15) is 0 Å². The fourth-order valence-corrected chi connectivity index (χ4v) is 1.66. The molecule has 4 heteroatoms. The second kappa shape index (κ2) is 2.99. The van der Waals surface area contributed by atoms with E-state index < -0.39 is 0 Å². The molecule has 0 N–H and O–H groups in total. The number of nitrogens with zero attached hydrogens (tertiary/aromatic N) is 1. The molecule has 0 atom stereocenters. The van der Waals surface area contributed by atoms with E-state index in [-0.39, 0.29) is 0 Å². The van der Waals surface area contributed by atoms with Crippen LogP contribution in [0.5, 0.6) is 0 Å². The standard InChI is InChI=1S/C8H6ClNOS/c1-5-7-4-6(12-9)2-3-8(7)11-10-5/h2-4H,1H3. The Hall–Kier alpha value is -0.670. The van der Waals surface area contributed by atoms with E-state index >= 15 is 0 Å². The highest BCUT2D eigenvalue weighted by molar-refractivity contribution is 8.21. The summed E-state index contributed by atoms with van der Waals surface area (Å²) >= 11 is 0. The molecular formula is C8H6ClNOS. The van der Waals surface area contributed by atoms with Crippen molar-refractivity contribution in [3.63, 3.8) is 0 Å². The Balaban J connectivity index is 2.71. The average molecular weight is 200 g/mol. The lowest BCUT2D eigenvalue weighted by Crippen LogP contribution is -1.70. The van der Waals surface area contributed by atoms with Gasteiger partial charge < -0.3 is 4.52 Å². The predicted molar refractivity (Wildman–Crippen MR) is 50.5 cm³/mol. The van der Waals surface area contributed by atoms with Crippen LogP contribution in [0.3, 0.4) is 0 Å². The van der Waals surface area contributed by atoms with Gasteiger partial charge in [-0.3, -0.25) is 0 Å². The summed E-state index contributed by atoms with van der Waals surface area (Å²) in [7, 11) is 6.81. The van der Waals surface area contributed by atoms with Gasteiger partial charge in [0, 0.05) is 10.3 Å². The molecular weight excluding hydrogens is 194 g/mol. The highest BCUT2D eigenvalue weighted by Gasteiger charge is 2.03. The first kappa shape index (κ1) is 7.95. The van der Waals surface area contributed by atoms with E-state index in [1.165, 1.54) is 11.0 Å². The topological polar surface area (TPSA) is 26.0 Å². The van der Waals surface area contributed by atoms with Crippen molar-refractivity contribution in [2.45, 2.75) is 11.8 Å². The molecule has 0 fully saturated rings. The summed E-state index contributed by atoms with van der Waals surface area (Å²) in [5.41, 5.74) is 1.71. The minimum Gasteiger partial charge on any atom is -0.356 e. The van der Waals surface area contributed by atoms with Crippen molar-refractivity contribution < 1.29 is 4.52 Å². The van der Waals surface area contributed by atoms with Gasteiger partial charge in [-0.15, -0.1) is 0 Å². The lowest BCUT2D eigenvalue weighted by molar-refractivity contribution is 0.450. The maximum Gasteiger partial charge on any atom is 0.167 e. The third-order valence-corrected chi connectivity index (χ3v) is 2.68. The second-order valence-corrected chi connectivity index (χ2v) is 3.59. The van der Waals surface area contributed by atoms with E-state index in [9.17, 15) is 0 Å². The number of aromatic nitrogens is 1. The van der Waals surface area contributed by atoms with Gasteiger partial charge in [0.25, 0.3) is 0 Å². The Morgan fingerprint density at radius 3 is 3.08 bits per heavy atom.